The quantitative estimate of drug-likeness (QED) is 0.758. The van der Waals surface area contributed by atoms with Crippen molar-refractivity contribution >= 4 is 11.9 Å². The fourth-order valence-electron chi connectivity index (χ4n) is 1.68. The fraction of sp³-hybridized carbons (Fsp3) is 0.250. The zero-order valence-corrected chi connectivity index (χ0v) is 8.65. The zero-order chi connectivity index (χ0) is 11.1. The van der Waals surface area contributed by atoms with Crippen LogP contribution in [0.4, 0.5) is 0 Å². The second kappa shape index (κ2) is 3.21. The van der Waals surface area contributed by atoms with Crippen LogP contribution >= 0.6 is 0 Å². The number of carbonyl (C=O) groups excluding carboxylic acids is 1. The lowest BCUT2D eigenvalue weighted by atomic mass is 9.97. The molecule has 1 aromatic rings. The van der Waals surface area contributed by atoms with Crippen molar-refractivity contribution in [1.82, 2.24) is 0 Å². The third-order valence-corrected chi connectivity index (χ3v) is 2.41. The first kappa shape index (κ1) is 9.93. The normalized spacial score (nSPS) is 23.8. The minimum atomic E-state index is -1.53. The third-order valence-electron chi connectivity index (χ3n) is 2.41. The Kier molecular flexibility index (Phi) is 2.12. The Balaban J connectivity index is 2.57. The van der Waals surface area contributed by atoms with Gasteiger partial charge in [-0.2, -0.15) is 0 Å². The van der Waals surface area contributed by atoms with Crippen LogP contribution in [0, 0.1) is 0 Å². The maximum Gasteiger partial charge on any atom is 0.235 e. The monoisotopic (exact) mass is 204 g/mol. The number of rotatable bonds is 1. The molecule has 15 heavy (non-hydrogen) atoms. The van der Waals surface area contributed by atoms with Crippen molar-refractivity contribution in [3.8, 4) is 5.75 Å². The molecule has 1 aromatic carbocycles. The van der Waals surface area contributed by atoms with Gasteiger partial charge in [-0.3, -0.25) is 4.79 Å². The lowest BCUT2D eigenvalue weighted by Gasteiger charge is -2.30. The molecule has 1 atom stereocenters. The van der Waals surface area contributed by atoms with Crippen molar-refractivity contribution in [2.24, 2.45) is 0 Å². The van der Waals surface area contributed by atoms with E-state index in [1.807, 2.05) is 18.2 Å². The summed E-state index contributed by atoms with van der Waals surface area (Å²) in [7, 11) is 0. The zero-order valence-electron chi connectivity index (χ0n) is 8.65. The van der Waals surface area contributed by atoms with Gasteiger partial charge < -0.3 is 9.84 Å². The molecule has 1 aliphatic heterocycles. The Labute approximate surface area is 88.0 Å². The largest absolute Gasteiger partial charge is 0.458 e. The number of Topliss-reactive ketones (excluding diaryl/α,β-unsaturated/α-hetero) is 1. The minimum absolute atomic E-state index is 0.186. The molecule has 0 aliphatic carbocycles. The van der Waals surface area contributed by atoms with Gasteiger partial charge in [0.2, 0.25) is 5.79 Å². The average Bonchev–Trinajstić information content (AvgIpc) is 2.14. The number of benzene rings is 1. The first-order valence-corrected chi connectivity index (χ1v) is 4.74. The third kappa shape index (κ3) is 1.66. The fourth-order valence-corrected chi connectivity index (χ4v) is 1.68. The first-order valence-electron chi connectivity index (χ1n) is 4.74. The van der Waals surface area contributed by atoms with Crippen LogP contribution in [-0.4, -0.2) is 16.7 Å². The van der Waals surface area contributed by atoms with Gasteiger partial charge in [0.05, 0.1) is 5.57 Å². The molecule has 3 nitrogen and oxygen atoms in total. The van der Waals surface area contributed by atoms with E-state index in [9.17, 15) is 9.90 Å². The molecule has 0 amide bonds. The molecule has 78 valence electrons. The highest BCUT2D eigenvalue weighted by Crippen LogP contribution is 2.34. The van der Waals surface area contributed by atoms with Crippen molar-refractivity contribution < 1.29 is 14.6 Å². The predicted molar refractivity (Wildman–Crippen MR) is 56.4 cm³/mol. The van der Waals surface area contributed by atoms with E-state index in [0.717, 1.165) is 5.56 Å². The number of carbonyl (C=O) groups is 1. The molecule has 0 fully saturated rings. The predicted octanol–water partition coefficient (Wildman–Crippen LogP) is 1.76. The molecule has 0 saturated carbocycles. The Bertz CT molecular complexity index is 444. The second-order valence-electron chi connectivity index (χ2n) is 3.74. The van der Waals surface area contributed by atoms with Crippen LogP contribution < -0.4 is 4.74 Å². The summed E-state index contributed by atoms with van der Waals surface area (Å²) in [6, 6.07) is 7.28. The summed E-state index contributed by atoms with van der Waals surface area (Å²) in [5.41, 5.74) is 1.09. The van der Waals surface area contributed by atoms with E-state index in [1.165, 1.54) is 13.8 Å². The van der Waals surface area contributed by atoms with E-state index in [4.69, 9.17) is 4.74 Å². The molecule has 1 N–H and O–H groups in total. The smallest absolute Gasteiger partial charge is 0.235 e. The van der Waals surface area contributed by atoms with Gasteiger partial charge in [-0.1, -0.05) is 18.2 Å². The maximum absolute atomic E-state index is 11.3. The number of para-hydroxylation sites is 1. The molecule has 0 unspecified atom stereocenters. The van der Waals surface area contributed by atoms with Gasteiger partial charge in [-0.25, -0.2) is 0 Å². The van der Waals surface area contributed by atoms with Crippen LogP contribution in [0.3, 0.4) is 0 Å². The van der Waals surface area contributed by atoms with Crippen LogP contribution in [0.15, 0.2) is 29.8 Å². The summed E-state index contributed by atoms with van der Waals surface area (Å²) in [5.74, 6) is -1.12. The van der Waals surface area contributed by atoms with Crippen molar-refractivity contribution in [1.29, 1.82) is 0 Å². The van der Waals surface area contributed by atoms with Crippen molar-refractivity contribution in [3.05, 3.63) is 35.4 Å². The van der Waals surface area contributed by atoms with E-state index in [-0.39, 0.29) is 11.4 Å². The van der Waals surface area contributed by atoms with E-state index >= 15 is 0 Å². The molecule has 0 saturated heterocycles. The van der Waals surface area contributed by atoms with Crippen LogP contribution in [0.2, 0.25) is 0 Å². The lowest BCUT2D eigenvalue weighted by Crippen LogP contribution is -2.39. The number of aliphatic hydroxyl groups is 1. The van der Waals surface area contributed by atoms with Gasteiger partial charge in [-0.15, -0.1) is 0 Å². The highest BCUT2D eigenvalue weighted by molar-refractivity contribution is 6.00. The highest BCUT2D eigenvalue weighted by Gasteiger charge is 2.34. The molecular formula is C12H12O3. The molecule has 1 heterocycles. The van der Waals surface area contributed by atoms with Gasteiger partial charge in [0.25, 0.3) is 0 Å². The van der Waals surface area contributed by atoms with Gasteiger partial charge in [0.1, 0.15) is 5.75 Å². The number of fused-ring (bicyclic) bond motifs is 1. The standard InChI is InChI=1S/C12H12O3/c1-8(13)10-7-9-5-3-4-6-11(9)15-12(10,2)14/h3-7,14H,1-2H3/t12-/m1/s1. The van der Waals surface area contributed by atoms with Crippen molar-refractivity contribution in [2.45, 2.75) is 19.6 Å². The molecular weight excluding hydrogens is 192 g/mol. The molecule has 0 bridgehead atoms. The highest BCUT2D eigenvalue weighted by atomic mass is 16.6. The molecule has 0 aromatic heterocycles. The molecule has 0 radical (unpaired) electrons. The number of ketones is 1. The summed E-state index contributed by atoms with van der Waals surface area (Å²) >= 11 is 0. The van der Waals surface area contributed by atoms with Crippen molar-refractivity contribution in [3.63, 3.8) is 0 Å². The van der Waals surface area contributed by atoms with E-state index < -0.39 is 5.79 Å². The Morgan fingerprint density at radius 2 is 2.07 bits per heavy atom. The summed E-state index contributed by atoms with van der Waals surface area (Å²) in [5, 5.41) is 9.94. The van der Waals surface area contributed by atoms with E-state index in [2.05, 4.69) is 0 Å². The number of ether oxygens (including phenoxy) is 1. The molecule has 3 heteroatoms. The van der Waals surface area contributed by atoms with Crippen molar-refractivity contribution in [2.75, 3.05) is 0 Å². The molecule has 2 rings (SSSR count). The Hall–Kier alpha value is -1.61. The van der Waals surface area contributed by atoms with Crippen LogP contribution in [0.25, 0.3) is 6.08 Å². The van der Waals surface area contributed by atoms with Crippen LogP contribution in [0.1, 0.15) is 19.4 Å². The molecule has 0 spiro atoms. The maximum atomic E-state index is 11.3. The number of hydrogen-bond donors (Lipinski definition) is 1. The van der Waals surface area contributed by atoms with Gasteiger partial charge >= 0.3 is 0 Å². The molecule has 1 aliphatic rings. The minimum Gasteiger partial charge on any atom is -0.458 e. The lowest BCUT2D eigenvalue weighted by molar-refractivity contribution is -0.125. The number of hydrogen-bond acceptors (Lipinski definition) is 3. The van der Waals surface area contributed by atoms with E-state index in [1.54, 1.807) is 12.1 Å². The SMILES string of the molecule is CC(=O)C1=Cc2ccccc2O[C@@]1(C)O. The van der Waals surface area contributed by atoms with Gasteiger partial charge in [0.15, 0.2) is 5.78 Å². The van der Waals surface area contributed by atoms with Crippen LogP contribution in [-0.2, 0) is 4.79 Å². The summed E-state index contributed by atoms with van der Waals surface area (Å²) in [6.07, 6.45) is 1.67. The van der Waals surface area contributed by atoms with E-state index in [0.29, 0.717) is 5.75 Å². The Morgan fingerprint density at radius 3 is 2.73 bits per heavy atom. The topological polar surface area (TPSA) is 46.5 Å². The summed E-state index contributed by atoms with van der Waals surface area (Å²) in [6.45, 7) is 2.88. The van der Waals surface area contributed by atoms with Crippen LogP contribution in [0.5, 0.6) is 5.75 Å². The second-order valence-corrected chi connectivity index (χ2v) is 3.74. The Morgan fingerprint density at radius 1 is 1.40 bits per heavy atom. The first-order chi connectivity index (χ1) is 7.00. The van der Waals surface area contributed by atoms with Gasteiger partial charge in [0, 0.05) is 12.5 Å². The summed E-state index contributed by atoms with van der Waals surface area (Å²) in [4.78, 5) is 11.3. The van der Waals surface area contributed by atoms with Gasteiger partial charge in [-0.05, 0) is 19.1 Å². The summed E-state index contributed by atoms with van der Waals surface area (Å²) < 4.78 is 5.36. The average molecular weight is 204 g/mol.